The van der Waals surface area contributed by atoms with E-state index in [1.165, 1.54) is 5.01 Å². The van der Waals surface area contributed by atoms with Gasteiger partial charge in [0.2, 0.25) is 0 Å². The van der Waals surface area contributed by atoms with Crippen LogP contribution in [0, 0.1) is 0 Å². The van der Waals surface area contributed by atoms with E-state index in [2.05, 4.69) is 10.4 Å². The summed E-state index contributed by atoms with van der Waals surface area (Å²) >= 11 is 0. The van der Waals surface area contributed by atoms with Gasteiger partial charge in [0.25, 0.3) is 11.8 Å². The van der Waals surface area contributed by atoms with E-state index in [4.69, 9.17) is 5.73 Å². The summed E-state index contributed by atoms with van der Waals surface area (Å²) < 4.78 is 0. The number of nitrogens with two attached hydrogens (primary N) is 1. The van der Waals surface area contributed by atoms with Gasteiger partial charge in [0.05, 0.1) is 12.1 Å². The number of nitrogen functional groups attached to an aromatic ring is 1. The Hall–Kier alpha value is -3.15. The fraction of sp³-hybridized carbons (Fsp3) is 0.0625. The first-order valence-electron chi connectivity index (χ1n) is 6.76. The molecule has 110 valence electrons. The molecule has 0 unspecified atom stereocenters. The highest BCUT2D eigenvalue weighted by Gasteiger charge is 2.26. The molecule has 0 aliphatic carbocycles. The van der Waals surface area contributed by atoms with E-state index in [0.29, 0.717) is 22.8 Å². The smallest absolute Gasteiger partial charge is 0.256 e. The number of hydrazone groups is 1. The highest BCUT2D eigenvalue weighted by Crippen LogP contribution is 2.19. The van der Waals surface area contributed by atoms with Crippen LogP contribution in [0.1, 0.15) is 16.8 Å². The first kappa shape index (κ1) is 13.8. The lowest BCUT2D eigenvalue weighted by molar-refractivity contribution is -0.116. The molecule has 0 spiro atoms. The Morgan fingerprint density at radius 2 is 1.77 bits per heavy atom. The van der Waals surface area contributed by atoms with Crippen molar-refractivity contribution in [3.63, 3.8) is 0 Å². The topological polar surface area (TPSA) is 87.8 Å². The molecule has 0 saturated heterocycles. The number of hydrogen-bond acceptors (Lipinski definition) is 4. The van der Waals surface area contributed by atoms with Crippen molar-refractivity contribution in [2.75, 3.05) is 10.7 Å². The van der Waals surface area contributed by atoms with Gasteiger partial charge in [-0.25, -0.2) is 0 Å². The van der Waals surface area contributed by atoms with Gasteiger partial charge >= 0.3 is 0 Å². The molecule has 0 bridgehead atoms. The van der Waals surface area contributed by atoms with Crippen molar-refractivity contribution in [1.82, 2.24) is 5.32 Å². The first-order chi connectivity index (χ1) is 10.6. The minimum Gasteiger partial charge on any atom is -0.399 e. The van der Waals surface area contributed by atoms with Crippen molar-refractivity contribution in [3.05, 3.63) is 60.2 Å². The van der Waals surface area contributed by atoms with Crippen LogP contribution >= 0.6 is 0 Å². The Kier molecular flexibility index (Phi) is 3.57. The lowest BCUT2D eigenvalue weighted by atomic mass is 10.2. The Labute approximate surface area is 127 Å². The summed E-state index contributed by atoms with van der Waals surface area (Å²) in [6, 6.07) is 15.6. The maximum absolute atomic E-state index is 12.1. The van der Waals surface area contributed by atoms with E-state index in [0.717, 1.165) is 0 Å². The van der Waals surface area contributed by atoms with E-state index in [-0.39, 0.29) is 18.2 Å². The normalized spacial score (nSPS) is 13.9. The van der Waals surface area contributed by atoms with Crippen LogP contribution in [-0.4, -0.2) is 17.6 Å². The van der Waals surface area contributed by atoms with Crippen molar-refractivity contribution < 1.29 is 9.59 Å². The third-order valence-electron chi connectivity index (χ3n) is 3.21. The lowest BCUT2D eigenvalue weighted by Crippen LogP contribution is -2.29. The number of amidine groups is 1. The SMILES string of the molecule is Nc1ccc(C(=O)NC2=NN(c3ccccc3)C(=O)C2)cc1. The van der Waals surface area contributed by atoms with Crippen molar-refractivity contribution >= 4 is 29.0 Å². The fourth-order valence-electron chi connectivity index (χ4n) is 2.11. The standard InChI is InChI=1S/C16H14N4O2/c17-12-8-6-11(7-9-12)16(22)18-14-10-15(21)20(19-14)13-4-2-1-3-5-13/h1-9H,10,17H2,(H,18,19,22). The number of nitrogens with one attached hydrogen (secondary N) is 1. The molecule has 0 radical (unpaired) electrons. The zero-order valence-corrected chi connectivity index (χ0v) is 11.7. The van der Waals surface area contributed by atoms with Gasteiger partial charge in [-0.2, -0.15) is 10.1 Å². The zero-order valence-electron chi connectivity index (χ0n) is 11.7. The minimum absolute atomic E-state index is 0.0651. The van der Waals surface area contributed by atoms with Crippen LogP contribution in [0.5, 0.6) is 0 Å². The number of rotatable bonds is 2. The van der Waals surface area contributed by atoms with Crippen LogP contribution in [0.25, 0.3) is 0 Å². The van der Waals surface area contributed by atoms with Gasteiger partial charge in [0.1, 0.15) is 5.84 Å². The molecule has 0 saturated carbocycles. The number of carbonyl (C=O) groups is 2. The Morgan fingerprint density at radius 3 is 2.45 bits per heavy atom. The molecule has 22 heavy (non-hydrogen) atoms. The summed E-state index contributed by atoms with van der Waals surface area (Å²) in [7, 11) is 0. The summed E-state index contributed by atoms with van der Waals surface area (Å²) in [5.74, 6) is -0.170. The average Bonchev–Trinajstić information content (AvgIpc) is 2.89. The van der Waals surface area contributed by atoms with Crippen LogP contribution in [0.2, 0.25) is 0 Å². The van der Waals surface area contributed by atoms with E-state index >= 15 is 0 Å². The van der Waals surface area contributed by atoms with Gasteiger partial charge in [0.15, 0.2) is 0 Å². The van der Waals surface area contributed by atoms with E-state index in [9.17, 15) is 9.59 Å². The van der Waals surface area contributed by atoms with Gasteiger partial charge in [-0.1, -0.05) is 18.2 Å². The fourth-order valence-corrected chi connectivity index (χ4v) is 2.11. The van der Waals surface area contributed by atoms with Crippen LogP contribution in [0.3, 0.4) is 0 Å². The molecule has 1 aliphatic rings. The summed E-state index contributed by atoms with van der Waals surface area (Å²) in [6.07, 6.45) is 0.0651. The monoisotopic (exact) mass is 294 g/mol. The van der Waals surface area contributed by atoms with Gasteiger partial charge in [-0.05, 0) is 36.4 Å². The second-order valence-electron chi connectivity index (χ2n) is 4.84. The van der Waals surface area contributed by atoms with Crippen molar-refractivity contribution in [2.45, 2.75) is 6.42 Å². The van der Waals surface area contributed by atoms with Crippen molar-refractivity contribution in [2.24, 2.45) is 5.10 Å². The summed E-state index contributed by atoms with van der Waals surface area (Å²) in [4.78, 5) is 24.1. The molecule has 2 aromatic carbocycles. The molecular formula is C16H14N4O2. The molecule has 1 aliphatic heterocycles. The number of anilines is 2. The molecule has 6 nitrogen and oxygen atoms in total. The van der Waals surface area contributed by atoms with Crippen molar-refractivity contribution in [1.29, 1.82) is 0 Å². The summed E-state index contributed by atoms with van der Waals surface area (Å²) in [5.41, 5.74) is 7.30. The second-order valence-corrected chi connectivity index (χ2v) is 4.84. The van der Waals surface area contributed by atoms with E-state index in [1.54, 1.807) is 36.4 Å². The molecule has 6 heteroatoms. The molecule has 0 atom stereocenters. The molecule has 3 N–H and O–H groups in total. The van der Waals surface area contributed by atoms with E-state index in [1.807, 2.05) is 18.2 Å². The number of hydrogen-bond donors (Lipinski definition) is 2. The highest BCUT2D eigenvalue weighted by atomic mass is 16.2. The van der Waals surface area contributed by atoms with Gasteiger partial charge in [-0.15, -0.1) is 0 Å². The number of nitrogens with zero attached hydrogens (tertiary/aromatic N) is 2. The number of amides is 2. The quantitative estimate of drug-likeness (QED) is 0.827. The number of benzene rings is 2. The third-order valence-corrected chi connectivity index (χ3v) is 3.21. The summed E-state index contributed by atoms with van der Waals surface area (Å²) in [6.45, 7) is 0. The minimum atomic E-state index is -0.318. The predicted octanol–water partition coefficient (Wildman–Crippen LogP) is 1.75. The third kappa shape index (κ3) is 2.80. The van der Waals surface area contributed by atoms with Crippen LogP contribution in [0.15, 0.2) is 59.7 Å². The molecular weight excluding hydrogens is 280 g/mol. The lowest BCUT2D eigenvalue weighted by Gasteiger charge is -2.10. The first-order valence-corrected chi connectivity index (χ1v) is 6.76. The molecule has 2 aromatic rings. The number of carbonyl (C=O) groups excluding carboxylic acids is 2. The van der Waals surface area contributed by atoms with Crippen LogP contribution in [0.4, 0.5) is 11.4 Å². The predicted molar refractivity (Wildman–Crippen MR) is 84.3 cm³/mol. The molecule has 0 fully saturated rings. The molecule has 2 amide bonds. The average molecular weight is 294 g/mol. The molecule has 1 heterocycles. The Morgan fingerprint density at radius 1 is 1.09 bits per heavy atom. The van der Waals surface area contributed by atoms with Gasteiger partial charge < -0.3 is 11.1 Å². The zero-order chi connectivity index (χ0) is 15.5. The van der Waals surface area contributed by atoms with Gasteiger partial charge in [-0.3, -0.25) is 9.59 Å². The van der Waals surface area contributed by atoms with Crippen molar-refractivity contribution in [3.8, 4) is 0 Å². The van der Waals surface area contributed by atoms with Crippen LogP contribution in [-0.2, 0) is 4.79 Å². The maximum atomic E-state index is 12.1. The van der Waals surface area contributed by atoms with Crippen LogP contribution < -0.4 is 16.1 Å². The highest BCUT2D eigenvalue weighted by molar-refractivity contribution is 6.17. The maximum Gasteiger partial charge on any atom is 0.256 e. The van der Waals surface area contributed by atoms with E-state index < -0.39 is 0 Å². The number of para-hydroxylation sites is 1. The Bertz CT molecular complexity index is 739. The molecule has 3 rings (SSSR count). The summed E-state index contributed by atoms with van der Waals surface area (Å²) in [5, 5.41) is 8.11. The largest absolute Gasteiger partial charge is 0.399 e. The Balaban J connectivity index is 1.74. The second kappa shape index (κ2) is 5.69. The molecule has 0 aromatic heterocycles. The van der Waals surface area contributed by atoms with Gasteiger partial charge in [0, 0.05) is 11.3 Å².